The third-order valence-corrected chi connectivity index (χ3v) is 5.11. The first-order valence-corrected chi connectivity index (χ1v) is 9.99. The Labute approximate surface area is 174 Å². The molecule has 1 heterocycles. The number of hydrogen-bond acceptors (Lipinski definition) is 2. The van der Waals surface area contributed by atoms with Crippen LogP contribution in [0.2, 0.25) is 0 Å². The number of nitrogens with zero attached hydrogens (tertiary/aromatic N) is 2. The highest BCUT2D eigenvalue weighted by Gasteiger charge is 2.22. The fourth-order valence-electron chi connectivity index (χ4n) is 2.94. The van der Waals surface area contributed by atoms with Crippen molar-refractivity contribution in [2.45, 2.75) is 26.1 Å². The van der Waals surface area contributed by atoms with Crippen molar-refractivity contribution < 1.29 is 14.1 Å². The summed E-state index contributed by atoms with van der Waals surface area (Å²) in [6.45, 7) is 3.03. The topological polar surface area (TPSA) is 33.4 Å². The third-order valence-electron chi connectivity index (χ3n) is 4.67. The fraction of sp³-hybridized carbons (Fsp3) is 0.217. The first-order chi connectivity index (χ1) is 13.5. The Bertz CT molecular complexity index is 916. The van der Waals surface area contributed by atoms with Crippen molar-refractivity contribution >= 4 is 22.0 Å². The Balaban J connectivity index is 1.68. The molecule has 0 aliphatic heterocycles. The molecule has 2 aromatic carbocycles. The zero-order valence-corrected chi connectivity index (χ0v) is 17.7. The molecule has 0 aliphatic carbocycles. The molecule has 0 aliphatic rings. The molecule has 0 spiro atoms. The van der Waals surface area contributed by atoms with Crippen LogP contribution in [0, 0.1) is 0 Å². The maximum atomic E-state index is 12.5. The summed E-state index contributed by atoms with van der Waals surface area (Å²) in [4.78, 5) is 14.1. The monoisotopic (exact) mass is 439 g/mol. The lowest BCUT2D eigenvalue weighted by Gasteiger charge is -2.24. The van der Waals surface area contributed by atoms with E-state index in [1.807, 2.05) is 67.7 Å². The Morgan fingerprint density at radius 2 is 1.64 bits per heavy atom. The Morgan fingerprint density at radius 1 is 1.04 bits per heavy atom. The molecule has 1 amide bonds. The highest BCUT2D eigenvalue weighted by molar-refractivity contribution is 9.10. The van der Waals surface area contributed by atoms with Crippen LogP contribution < -0.4 is 4.57 Å². The van der Waals surface area contributed by atoms with Crippen LogP contribution in [0.4, 0.5) is 4.79 Å². The van der Waals surface area contributed by atoms with Gasteiger partial charge >= 0.3 is 6.09 Å². The zero-order valence-electron chi connectivity index (χ0n) is 16.1. The van der Waals surface area contributed by atoms with Gasteiger partial charge in [0.15, 0.2) is 18.9 Å². The van der Waals surface area contributed by atoms with Crippen LogP contribution in [0.25, 0.3) is 0 Å². The lowest BCUT2D eigenvalue weighted by Crippen LogP contribution is -2.36. The van der Waals surface area contributed by atoms with Crippen molar-refractivity contribution in [2.75, 3.05) is 7.05 Å². The van der Waals surface area contributed by atoms with E-state index in [4.69, 9.17) is 4.74 Å². The van der Waals surface area contributed by atoms with Gasteiger partial charge in [-0.05, 0) is 34.5 Å². The van der Waals surface area contributed by atoms with E-state index in [1.165, 1.54) is 5.56 Å². The summed E-state index contributed by atoms with van der Waals surface area (Å²) in [5, 5.41) is 0. The summed E-state index contributed by atoms with van der Waals surface area (Å²) < 4.78 is 8.55. The van der Waals surface area contributed by atoms with Gasteiger partial charge in [0.05, 0.1) is 10.5 Å². The number of pyridine rings is 1. The molecule has 0 N–H and O–H groups in total. The number of halogens is 1. The molecule has 0 fully saturated rings. The van der Waals surface area contributed by atoms with E-state index in [2.05, 4.69) is 38.8 Å². The van der Waals surface area contributed by atoms with E-state index >= 15 is 0 Å². The lowest BCUT2D eigenvalue weighted by molar-refractivity contribution is -0.689. The number of carbonyl (C=O) groups excluding carboxylic acids is 1. The first-order valence-electron chi connectivity index (χ1n) is 9.20. The summed E-state index contributed by atoms with van der Waals surface area (Å²) in [6.07, 6.45) is 3.77. The van der Waals surface area contributed by atoms with Crippen LogP contribution in [0.5, 0.6) is 0 Å². The Morgan fingerprint density at radius 3 is 2.29 bits per heavy atom. The molecule has 144 valence electrons. The van der Waals surface area contributed by atoms with Crippen LogP contribution in [0.3, 0.4) is 0 Å². The minimum absolute atomic E-state index is 0.122. The van der Waals surface area contributed by atoms with Crippen molar-refractivity contribution in [1.82, 2.24) is 4.90 Å². The zero-order chi connectivity index (χ0) is 19.9. The SMILES string of the molecule is CC(c1cc(Br)c[n+](Cc2ccccc2)c1)N(C)C(=O)OCc1ccccc1. The summed E-state index contributed by atoms with van der Waals surface area (Å²) in [7, 11) is 1.76. The number of aromatic nitrogens is 1. The van der Waals surface area contributed by atoms with E-state index < -0.39 is 0 Å². The van der Waals surface area contributed by atoms with E-state index in [1.54, 1.807) is 11.9 Å². The minimum Gasteiger partial charge on any atom is -0.445 e. The van der Waals surface area contributed by atoms with Gasteiger partial charge in [0.1, 0.15) is 6.61 Å². The highest BCUT2D eigenvalue weighted by Crippen LogP contribution is 2.21. The average Bonchev–Trinajstić information content (AvgIpc) is 2.72. The summed E-state index contributed by atoms with van der Waals surface area (Å²) in [5.74, 6) is 0. The normalized spacial score (nSPS) is 11.7. The van der Waals surface area contributed by atoms with Crippen LogP contribution >= 0.6 is 15.9 Å². The molecule has 0 bridgehead atoms. The first kappa shape index (κ1) is 20.1. The van der Waals surface area contributed by atoms with Crippen LogP contribution in [0.1, 0.15) is 29.7 Å². The van der Waals surface area contributed by atoms with Crippen molar-refractivity contribution in [3.8, 4) is 0 Å². The molecule has 3 aromatic rings. The van der Waals surface area contributed by atoms with Gasteiger partial charge in [-0.1, -0.05) is 60.7 Å². The molecule has 1 aromatic heterocycles. The number of amides is 1. The second kappa shape index (κ2) is 9.51. The van der Waals surface area contributed by atoms with Crippen LogP contribution in [0.15, 0.2) is 83.6 Å². The quantitative estimate of drug-likeness (QED) is 0.499. The van der Waals surface area contributed by atoms with Gasteiger partial charge in [-0.25, -0.2) is 4.79 Å². The van der Waals surface area contributed by atoms with E-state index in [0.717, 1.165) is 22.1 Å². The predicted molar refractivity (Wildman–Crippen MR) is 113 cm³/mol. The summed E-state index contributed by atoms with van der Waals surface area (Å²) in [5.41, 5.74) is 3.23. The Kier molecular flexibility index (Phi) is 6.82. The second-order valence-electron chi connectivity index (χ2n) is 6.77. The van der Waals surface area contributed by atoms with Crippen molar-refractivity contribution in [1.29, 1.82) is 0 Å². The van der Waals surface area contributed by atoms with Gasteiger partial charge < -0.3 is 9.64 Å². The molecule has 0 saturated heterocycles. The average molecular weight is 440 g/mol. The number of rotatable bonds is 6. The van der Waals surface area contributed by atoms with E-state index in [9.17, 15) is 4.79 Å². The standard InChI is InChI=1S/C23H24BrN2O2/c1-18(25(2)23(27)28-17-20-11-7-4-8-12-20)21-13-22(24)16-26(15-21)14-19-9-5-3-6-10-19/h3-13,15-16,18H,14,17H2,1-2H3/q+1. The molecule has 1 atom stereocenters. The third kappa shape index (κ3) is 5.42. The Hall–Kier alpha value is -2.66. The van der Waals surface area contributed by atoms with E-state index in [-0.39, 0.29) is 18.7 Å². The lowest BCUT2D eigenvalue weighted by atomic mass is 10.1. The summed E-state index contributed by atoms with van der Waals surface area (Å²) in [6, 6.07) is 21.9. The maximum Gasteiger partial charge on any atom is 0.410 e. The smallest absolute Gasteiger partial charge is 0.410 e. The molecular weight excluding hydrogens is 416 g/mol. The fourth-order valence-corrected chi connectivity index (χ4v) is 3.47. The van der Waals surface area contributed by atoms with Crippen molar-refractivity contribution in [2.24, 2.45) is 0 Å². The van der Waals surface area contributed by atoms with Crippen LogP contribution in [-0.4, -0.2) is 18.0 Å². The highest BCUT2D eigenvalue weighted by atomic mass is 79.9. The molecule has 4 nitrogen and oxygen atoms in total. The van der Waals surface area contributed by atoms with Gasteiger partial charge in [-0.3, -0.25) is 0 Å². The van der Waals surface area contributed by atoms with Crippen LogP contribution in [-0.2, 0) is 17.9 Å². The molecule has 28 heavy (non-hydrogen) atoms. The molecule has 0 saturated carbocycles. The summed E-state index contributed by atoms with van der Waals surface area (Å²) >= 11 is 3.59. The molecule has 0 radical (unpaired) electrons. The second-order valence-corrected chi connectivity index (χ2v) is 7.69. The van der Waals surface area contributed by atoms with Gasteiger partial charge in [-0.15, -0.1) is 0 Å². The molecule has 5 heteroatoms. The minimum atomic E-state index is -0.342. The number of benzene rings is 2. The largest absolute Gasteiger partial charge is 0.445 e. The van der Waals surface area contributed by atoms with Gasteiger partial charge in [0, 0.05) is 18.2 Å². The maximum absolute atomic E-state index is 12.5. The van der Waals surface area contributed by atoms with Gasteiger partial charge in [-0.2, -0.15) is 4.57 Å². The predicted octanol–water partition coefficient (Wildman–Crippen LogP) is 5.11. The number of carbonyl (C=O) groups is 1. The van der Waals surface area contributed by atoms with Crippen molar-refractivity contribution in [3.63, 3.8) is 0 Å². The molecule has 3 rings (SSSR count). The molecular formula is C23H24BrN2O2+. The number of ether oxygens (including phenoxy) is 1. The number of hydrogen-bond donors (Lipinski definition) is 0. The molecule has 1 unspecified atom stereocenters. The van der Waals surface area contributed by atoms with Gasteiger partial charge in [0.2, 0.25) is 0 Å². The van der Waals surface area contributed by atoms with Gasteiger partial charge in [0.25, 0.3) is 0 Å². The van der Waals surface area contributed by atoms with E-state index in [0.29, 0.717) is 0 Å². The van der Waals surface area contributed by atoms with Crippen molar-refractivity contribution in [3.05, 3.63) is 100 Å².